The minimum absolute atomic E-state index is 0.00897. The van der Waals surface area contributed by atoms with Crippen molar-refractivity contribution in [3.05, 3.63) is 53.1 Å². The Balaban J connectivity index is 1.41. The number of morpholine rings is 1. The van der Waals surface area contributed by atoms with E-state index in [1.807, 2.05) is 17.0 Å². The summed E-state index contributed by atoms with van der Waals surface area (Å²) in [5.74, 6) is 0.520. The largest absolute Gasteiger partial charge is 0.497 e. The third kappa shape index (κ3) is 5.52. The van der Waals surface area contributed by atoms with Crippen molar-refractivity contribution < 1.29 is 32.2 Å². The van der Waals surface area contributed by atoms with Gasteiger partial charge in [0.2, 0.25) is 5.91 Å². The fraction of sp³-hybridized carbons (Fsp3) is 0.543. The van der Waals surface area contributed by atoms with Gasteiger partial charge in [-0.3, -0.25) is 9.59 Å². The predicted molar refractivity (Wildman–Crippen MR) is 178 cm³/mol. The van der Waals surface area contributed by atoms with E-state index in [0.29, 0.717) is 45.2 Å². The van der Waals surface area contributed by atoms with E-state index in [0.717, 1.165) is 63.5 Å². The van der Waals surface area contributed by atoms with Crippen LogP contribution in [0.5, 0.6) is 5.75 Å². The normalized spacial score (nSPS) is 24.3. The van der Waals surface area contributed by atoms with E-state index in [2.05, 4.69) is 21.4 Å². The van der Waals surface area contributed by atoms with Crippen molar-refractivity contribution in [1.29, 1.82) is 0 Å². The number of nitrogens with zero attached hydrogens (tertiary/aromatic N) is 3. The van der Waals surface area contributed by atoms with E-state index in [1.54, 1.807) is 26.4 Å². The van der Waals surface area contributed by atoms with Crippen LogP contribution in [0.15, 0.2) is 36.4 Å². The van der Waals surface area contributed by atoms with Crippen LogP contribution in [0.25, 0.3) is 22.2 Å². The minimum atomic E-state index is -3.98. The number of nitrogens with one attached hydrogen (secondary N) is 1. The molecule has 3 atom stereocenters. The third-order valence-electron chi connectivity index (χ3n) is 10.7. The smallest absolute Gasteiger partial charge is 0.303 e. The lowest BCUT2D eigenvalue weighted by Crippen LogP contribution is -2.50. The number of carbonyl (C=O) groups excluding carboxylic acids is 2. The van der Waals surface area contributed by atoms with Gasteiger partial charge in [-0.15, -0.1) is 0 Å². The van der Waals surface area contributed by atoms with Crippen molar-refractivity contribution in [2.24, 2.45) is 5.41 Å². The number of benzene rings is 2. The lowest BCUT2D eigenvalue weighted by molar-refractivity contribution is -0.147. The van der Waals surface area contributed by atoms with E-state index in [4.69, 9.17) is 14.2 Å². The van der Waals surface area contributed by atoms with E-state index >= 15 is 0 Å². The van der Waals surface area contributed by atoms with Crippen LogP contribution in [0.1, 0.15) is 71.8 Å². The second-order valence-corrected chi connectivity index (χ2v) is 15.6. The molecule has 0 bridgehead atoms. The first kappa shape index (κ1) is 32.1. The van der Waals surface area contributed by atoms with Gasteiger partial charge in [-0.2, -0.15) is 12.7 Å². The van der Waals surface area contributed by atoms with Crippen LogP contribution in [0, 0.1) is 5.41 Å². The van der Waals surface area contributed by atoms with E-state index < -0.39 is 21.5 Å². The summed E-state index contributed by atoms with van der Waals surface area (Å²) in [6.07, 6.45) is 6.19. The van der Waals surface area contributed by atoms with Gasteiger partial charge in [0.05, 0.1) is 37.5 Å². The highest BCUT2D eigenvalue weighted by Gasteiger charge is 2.64. The zero-order valence-corrected chi connectivity index (χ0v) is 28.4. The topological polar surface area (TPSA) is 119 Å². The summed E-state index contributed by atoms with van der Waals surface area (Å²) in [6, 6.07) is 11.7. The lowest BCUT2D eigenvalue weighted by atomic mass is 9.81. The number of aromatic nitrogens is 1. The van der Waals surface area contributed by atoms with Crippen molar-refractivity contribution >= 4 is 32.9 Å². The molecule has 0 radical (unpaired) electrons. The Morgan fingerprint density at radius 3 is 2.60 bits per heavy atom. The number of ether oxygens (including phenoxy) is 3. The maximum atomic E-state index is 14.7. The zero-order valence-electron chi connectivity index (χ0n) is 27.6. The van der Waals surface area contributed by atoms with Crippen molar-refractivity contribution in [2.75, 3.05) is 54.6 Å². The molecule has 2 aromatic carbocycles. The SMILES string of the molecule is COC[C@@H]1CN(C(=O)C23CC2c2cc(OC)ccc2-c2c(C4CCCCC4)c4ccc(C(=O)NS(=O)(=O)N(C)C)cc4n2C3)CCO1. The van der Waals surface area contributed by atoms with Gasteiger partial charge < -0.3 is 23.7 Å². The van der Waals surface area contributed by atoms with Gasteiger partial charge in [0.1, 0.15) is 5.75 Å². The quantitative estimate of drug-likeness (QED) is 0.382. The molecule has 47 heavy (non-hydrogen) atoms. The summed E-state index contributed by atoms with van der Waals surface area (Å²) >= 11 is 0. The molecular formula is C35H44N4O7S. The second kappa shape index (κ2) is 12.2. The predicted octanol–water partition coefficient (Wildman–Crippen LogP) is 4.26. The van der Waals surface area contributed by atoms with Crippen molar-refractivity contribution in [3.8, 4) is 17.0 Å². The molecular weight excluding hydrogens is 620 g/mol. The molecule has 1 aromatic heterocycles. The Labute approximate surface area is 276 Å². The minimum Gasteiger partial charge on any atom is -0.497 e. The van der Waals surface area contributed by atoms with Gasteiger partial charge in [0, 0.05) is 68.8 Å². The Bertz CT molecular complexity index is 1830. The third-order valence-corrected chi connectivity index (χ3v) is 12.1. The van der Waals surface area contributed by atoms with Crippen molar-refractivity contribution in [3.63, 3.8) is 0 Å². The number of methoxy groups -OCH3 is 2. The zero-order chi connectivity index (χ0) is 33.1. The summed E-state index contributed by atoms with van der Waals surface area (Å²) < 4.78 is 47.5. The molecule has 1 saturated heterocycles. The molecule has 0 spiro atoms. The van der Waals surface area contributed by atoms with Crippen LogP contribution in [-0.2, 0) is 31.0 Å². The molecule has 2 aliphatic heterocycles. The highest BCUT2D eigenvalue weighted by Crippen LogP contribution is 2.66. The molecule has 11 nitrogen and oxygen atoms in total. The Morgan fingerprint density at radius 1 is 1.09 bits per heavy atom. The van der Waals surface area contributed by atoms with Crippen molar-refractivity contribution in [1.82, 2.24) is 18.5 Å². The van der Waals surface area contributed by atoms with Gasteiger partial charge in [0.25, 0.3) is 5.91 Å². The molecule has 3 fully saturated rings. The van der Waals surface area contributed by atoms with Crippen molar-refractivity contribution in [2.45, 2.75) is 63.0 Å². The molecule has 2 aliphatic carbocycles. The standard InChI is InChI=1S/C35H44N4O7S/c1-37(2)47(42,43)36-33(40)23-10-12-27-30(16-23)39-21-35(34(41)38-14-15-46-25(19-38)20-44-3)18-29(35)28-17-24(45-4)11-13-26(28)32(39)31(27)22-8-6-5-7-9-22/h10-13,16-17,22,25,29H,5-9,14-15,18-21H2,1-4H3,(H,36,40)/t25-,29?,35?/m0/s1. The molecule has 2 amide bonds. The molecule has 1 N–H and O–H groups in total. The van der Waals surface area contributed by atoms with E-state index in [9.17, 15) is 18.0 Å². The molecule has 2 saturated carbocycles. The van der Waals surface area contributed by atoms with Crippen LogP contribution in [-0.4, -0.2) is 94.7 Å². The average molecular weight is 665 g/mol. The Morgan fingerprint density at radius 2 is 1.87 bits per heavy atom. The number of hydrogen-bond donors (Lipinski definition) is 1. The highest BCUT2D eigenvalue weighted by atomic mass is 32.2. The number of rotatable bonds is 8. The highest BCUT2D eigenvalue weighted by molar-refractivity contribution is 7.87. The summed E-state index contributed by atoms with van der Waals surface area (Å²) in [7, 11) is 2.09. The molecule has 7 rings (SSSR count). The van der Waals surface area contributed by atoms with Crippen LogP contribution in [0.3, 0.4) is 0 Å². The summed E-state index contributed by atoms with van der Waals surface area (Å²) in [5.41, 5.74) is 4.99. The number of hydrogen-bond acceptors (Lipinski definition) is 7. The van der Waals surface area contributed by atoms with Crippen LogP contribution in [0.4, 0.5) is 0 Å². The molecule has 3 aromatic rings. The number of carbonyl (C=O) groups is 2. The van der Waals surface area contributed by atoms with Gasteiger partial charge in [-0.05, 0) is 66.6 Å². The number of amides is 2. The monoisotopic (exact) mass is 664 g/mol. The van der Waals surface area contributed by atoms with Crippen LogP contribution >= 0.6 is 0 Å². The number of fused-ring (bicyclic) bond motifs is 7. The average Bonchev–Trinajstić information content (AvgIpc) is 3.74. The maximum absolute atomic E-state index is 14.7. The summed E-state index contributed by atoms with van der Waals surface area (Å²) in [5, 5.41) is 1.05. The molecule has 2 unspecified atom stereocenters. The van der Waals surface area contributed by atoms with E-state index in [-0.39, 0.29) is 23.5 Å². The maximum Gasteiger partial charge on any atom is 0.303 e. The molecule has 12 heteroatoms. The van der Waals surface area contributed by atoms with E-state index in [1.165, 1.54) is 26.1 Å². The molecule has 252 valence electrons. The first-order valence-corrected chi connectivity index (χ1v) is 18.0. The van der Waals surface area contributed by atoms with Gasteiger partial charge in [0.15, 0.2) is 0 Å². The second-order valence-electron chi connectivity index (χ2n) is 13.7. The summed E-state index contributed by atoms with van der Waals surface area (Å²) in [6.45, 7) is 2.34. The Hall–Kier alpha value is -3.45. The van der Waals surface area contributed by atoms with Gasteiger partial charge in [-0.25, -0.2) is 4.72 Å². The fourth-order valence-corrected chi connectivity index (χ4v) is 8.73. The van der Waals surface area contributed by atoms with Gasteiger partial charge >= 0.3 is 10.2 Å². The van der Waals surface area contributed by atoms with Crippen LogP contribution in [0.2, 0.25) is 0 Å². The molecule has 3 heterocycles. The fourth-order valence-electron chi connectivity index (χ4n) is 8.19. The lowest BCUT2D eigenvalue weighted by Gasteiger charge is -2.35. The first-order valence-electron chi connectivity index (χ1n) is 16.6. The Kier molecular flexibility index (Phi) is 8.35. The van der Waals surface area contributed by atoms with Gasteiger partial charge in [-0.1, -0.05) is 25.3 Å². The van der Waals surface area contributed by atoms with Crippen LogP contribution < -0.4 is 9.46 Å². The first-order chi connectivity index (χ1) is 22.6. The molecule has 4 aliphatic rings. The summed E-state index contributed by atoms with van der Waals surface area (Å²) in [4.78, 5) is 30.0.